The second-order valence-electron chi connectivity index (χ2n) is 3.38. The zero-order valence-electron chi connectivity index (χ0n) is 9.69. The monoisotopic (exact) mass is 297 g/mol. The highest BCUT2D eigenvalue weighted by Gasteiger charge is 2.24. The van der Waals surface area contributed by atoms with Crippen LogP contribution in [0.5, 0.6) is 0 Å². The van der Waals surface area contributed by atoms with E-state index in [1.807, 2.05) is 0 Å². The molecule has 1 N–H and O–H groups in total. The summed E-state index contributed by atoms with van der Waals surface area (Å²) in [6, 6.07) is 2.32. The average Bonchev–Trinajstić information content (AvgIpc) is 2.35. The van der Waals surface area contributed by atoms with Crippen molar-refractivity contribution < 1.29 is 31.1 Å². The summed E-state index contributed by atoms with van der Waals surface area (Å²) in [5, 5.41) is 0. The first kappa shape index (κ1) is 15.4. The van der Waals surface area contributed by atoms with E-state index in [-0.39, 0.29) is 0 Å². The molecular formula is C10H10F3NO4S. The molecule has 0 spiro atoms. The summed E-state index contributed by atoms with van der Waals surface area (Å²) >= 11 is 0. The Kier molecular flexibility index (Phi) is 4.90. The van der Waals surface area contributed by atoms with Gasteiger partial charge in [0.1, 0.15) is 5.82 Å². The van der Waals surface area contributed by atoms with Crippen LogP contribution in [0, 0.1) is 5.82 Å². The van der Waals surface area contributed by atoms with E-state index in [9.17, 15) is 26.4 Å². The Hall–Kier alpha value is -1.61. The highest BCUT2D eigenvalue weighted by Crippen LogP contribution is 2.18. The molecule has 0 bridgehead atoms. The van der Waals surface area contributed by atoms with Gasteiger partial charge in [0.15, 0.2) is 0 Å². The molecular weight excluding hydrogens is 287 g/mol. The van der Waals surface area contributed by atoms with Gasteiger partial charge in [0.2, 0.25) is 10.0 Å². The van der Waals surface area contributed by atoms with Crippen molar-refractivity contribution in [3.05, 3.63) is 29.6 Å². The molecule has 0 radical (unpaired) electrons. The Bertz CT molecular complexity index is 574. The van der Waals surface area contributed by atoms with Crippen LogP contribution in [0.15, 0.2) is 23.1 Å². The molecule has 0 heterocycles. The van der Waals surface area contributed by atoms with Gasteiger partial charge in [-0.2, -0.15) is 0 Å². The lowest BCUT2D eigenvalue weighted by Gasteiger charge is -2.10. The number of carbonyl (C=O) groups excluding carboxylic acids is 1. The number of sulfonamides is 1. The van der Waals surface area contributed by atoms with Crippen LogP contribution >= 0.6 is 0 Å². The van der Waals surface area contributed by atoms with Gasteiger partial charge in [-0.1, -0.05) is 0 Å². The van der Waals surface area contributed by atoms with Crippen LogP contribution in [0.4, 0.5) is 13.2 Å². The van der Waals surface area contributed by atoms with Crippen molar-refractivity contribution in [2.75, 3.05) is 13.7 Å². The first-order chi connectivity index (χ1) is 8.77. The van der Waals surface area contributed by atoms with Gasteiger partial charge < -0.3 is 4.74 Å². The van der Waals surface area contributed by atoms with Crippen molar-refractivity contribution in [3.63, 3.8) is 0 Å². The van der Waals surface area contributed by atoms with Crippen LogP contribution < -0.4 is 4.72 Å². The van der Waals surface area contributed by atoms with Gasteiger partial charge in [-0.25, -0.2) is 31.1 Å². The van der Waals surface area contributed by atoms with E-state index in [0.717, 1.165) is 19.2 Å². The second-order valence-corrected chi connectivity index (χ2v) is 5.11. The van der Waals surface area contributed by atoms with Crippen LogP contribution in [0.1, 0.15) is 10.4 Å². The van der Waals surface area contributed by atoms with Gasteiger partial charge in [-0.3, -0.25) is 0 Å². The Morgan fingerprint density at radius 2 is 2.05 bits per heavy atom. The third-order valence-corrected chi connectivity index (χ3v) is 3.53. The van der Waals surface area contributed by atoms with Gasteiger partial charge in [0.05, 0.1) is 24.1 Å². The minimum Gasteiger partial charge on any atom is -0.465 e. The first-order valence-corrected chi connectivity index (χ1v) is 6.42. The van der Waals surface area contributed by atoms with Crippen LogP contribution in [0.2, 0.25) is 0 Å². The fraction of sp³-hybridized carbons (Fsp3) is 0.300. The zero-order chi connectivity index (χ0) is 14.6. The number of halogens is 3. The molecule has 0 atom stereocenters. The summed E-state index contributed by atoms with van der Waals surface area (Å²) in [6.45, 7) is -1.14. The first-order valence-electron chi connectivity index (χ1n) is 4.93. The lowest BCUT2D eigenvalue weighted by molar-refractivity contribution is 0.0596. The summed E-state index contributed by atoms with van der Waals surface area (Å²) in [5.41, 5.74) is -0.439. The maximum Gasteiger partial charge on any atom is 0.339 e. The number of methoxy groups -OCH3 is 1. The van der Waals surface area contributed by atoms with E-state index in [1.54, 1.807) is 4.72 Å². The molecule has 1 aromatic rings. The third kappa shape index (κ3) is 3.93. The maximum absolute atomic E-state index is 13.1. The molecule has 0 unspecified atom stereocenters. The Balaban J connectivity index is 3.24. The molecule has 1 aromatic carbocycles. The van der Waals surface area contributed by atoms with Crippen molar-refractivity contribution in [3.8, 4) is 0 Å². The Morgan fingerprint density at radius 3 is 2.58 bits per heavy atom. The van der Waals surface area contributed by atoms with E-state index in [2.05, 4.69) is 4.74 Å². The summed E-state index contributed by atoms with van der Waals surface area (Å²) in [4.78, 5) is 10.6. The van der Waals surface area contributed by atoms with Crippen molar-refractivity contribution in [1.29, 1.82) is 0 Å². The molecule has 0 saturated carbocycles. The number of nitrogens with one attached hydrogen (secondary N) is 1. The number of benzene rings is 1. The fourth-order valence-electron chi connectivity index (χ4n) is 1.25. The molecule has 5 nitrogen and oxygen atoms in total. The smallest absolute Gasteiger partial charge is 0.339 e. The lowest BCUT2D eigenvalue weighted by Crippen LogP contribution is -2.30. The van der Waals surface area contributed by atoms with E-state index < -0.39 is 45.2 Å². The van der Waals surface area contributed by atoms with Gasteiger partial charge in [0.25, 0.3) is 6.43 Å². The summed E-state index contributed by atoms with van der Waals surface area (Å²) in [5.74, 6) is -1.94. The number of hydrogen-bond acceptors (Lipinski definition) is 4. The predicted octanol–water partition coefficient (Wildman–Crippen LogP) is 1.16. The van der Waals surface area contributed by atoms with E-state index in [4.69, 9.17) is 0 Å². The van der Waals surface area contributed by atoms with Crippen molar-refractivity contribution in [2.45, 2.75) is 11.3 Å². The molecule has 9 heteroatoms. The van der Waals surface area contributed by atoms with Crippen LogP contribution in [0.3, 0.4) is 0 Å². The Morgan fingerprint density at radius 1 is 1.42 bits per heavy atom. The number of alkyl halides is 2. The SMILES string of the molecule is COC(=O)c1ccc(F)cc1S(=O)(=O)NCC(F)F. The number of carbonyl (C=O) groups is 1. The largest absolute Gasteiger partial charge is 0.465 e. The van der Waals surface area contributed by atoms with Crippen LogP contribution in [-0.4, -0.2) is 34.5 Å². The molecule has 0 aliphatic rings. The normalized spacial score (nSPS) is 11.6. The van der Waals surface area contributed by atoms with Crippen molar-refractivity contribution in [2.24, 2.45) is 0 Å². The number of hydrogen-bond donors (Lipinski definition) is 1. The third-order valence-electron chi connectivity index (χ3n) is 2.07. The van der Waals surface area contributed by atoms with Crippen LogP contribution in [-0.2, 0) is 14.8 Å². The Labute approximate surface area is 107 Å². The zero-order valence-corrected chi connectivity index (χ0v) is 10.5. The van der Waals surface area contributed by atoms with Gasteiger partial charge in [-0.15, -0.1) is 0 Å². The van der Waals surface area contributed by atoms with Gasteiger partial charge in [-0.05, 0) is 18.2 Å². The number of ether oxygens (including phenoxy) is 1. The van der Waals surface area contributed by atoms with Gasteiger partial charge >= 0.3 is 5.97 Å². The predicted molar refractivity (Wildman–Crippen MR) is 58.9 cm³/mol. The average molecular weight is 297 g/mol. The van der Waals surface area contributed by atoms with Crippen molar-refractivity contribution in [1.82, 2.24) is 4.72 Å². The van der Waals surface area contributed by atoms with E-state index >= 15 is 0 Å². The second kappa shape index (κ2) is 6.02. The van der Waals surface area contributed by atoms with E-state index in [1.165, 1.54) is 0 Å². The molecule has 0 amide bonds. The fourth-order valence-corrected chi connectivity index (χ4v) is 2.46. The van der Waals surface area contributed by atoms with Gasteiger partial charge in [0, 0.05) is 0 Å². The minimum absolute atomic E-state index is 0.439. The lowest BCUT2D eigenvalue weighted by atomic mass is 10.2. The minimum atomic E-state index is -4.43. The molecule has 19 heavy (non-hydrogen) atoms. The molecule has 1 rings (SSSR count). The van der Waals surface area contributed by atoms with Crippen molar-refractivity contribution >= 4 is 16.0 Å². The summed E-state index contributed by atoms with van der Waals surface area (Å²) in [7, 11) is -3.43. The number of esters is 1. The van der Waals surface area contributed by atoms with Crippen LogP contribution in [0.25, 0.3) is 0 Å². The molecule has 0 fully saturated rings. The molecule has 0 aliphatic carbocycles. The maximum atomic E-state index is 13.1. The summed E-state index contributed by atoms with van der Waals surface area (Å²) in [6.07, 6.45) is -2.91. The number of rotatable bonds is 5. The molecule has 0 saturated heterocycles. The molecule has 0 aliphatic heterocycles. The highest BCUT2D eigenvalue weighted by atomic mass is 32.2. The molecule has 106 valence electrons. The summed E-state index contributed by atoms with van der Waals surface area (Å²) < 4.78 is 66.4. The van der Waals surface area contributed by atoms with E-state index in [0.29, 0.717) is 6.07 Å². The molecule has 0 aromatic heterocycles. The highest BCUT2D eigenvalue weighted by molar-refractivity contribution is 7.89. The quantitative estimate of drug-likeness (QED) is 0.828. The standard InChI is InChI=1S/C10H10F3NO4S/c1-18-10(15)7-3-2-6(11)4-8(7)19(16,17)14-5-9(12)13/h2-4,9,14H,5H2,1H3. The topological polar surface area (TPSA) is 72.5 Å².